The van der Waals surface area contributed by atoms with E-state index in [0.717, 1.165) is 18.4 Å². The fraction of sp³-hybridized carbons (Fsp3) is 0.471. The van der Waals surface area contributed by atoms with Crippen LogP contribution in [0.2, 0.25) is 0 Å². The Morgan fingerprint density at radius 1 is 1.43 bits per heavy atom. The molecule has 0 aromatic heterocycles. The van der Waals surface area contributed by atoms with E-state index in [4.69, 9.17) is 10.5 Å². The number of hydrogen-bond acceptors (Lipinski definition) is 3. The van der Waals surface area contributed by atoms with E-state index in [9.17, 15) is 4.79 Å². The highest BCUT2D eigenvalue weighted by Crippen LogP contribution is 2.08. The fourth-order valence-electron chi connectivity index (χ4n) is 2.01. The third-order valence-electron chi connectivity index (χ3n) is 3.20. The van der Waals surface area contributed by atoms with E-state index in [1.165, 1.54) is 0 Å². The molecule has 1 amide bonds. The van der Waals surface area contributed by atoms with Crippen molar-refractivity contribution in [1.82, 2.24) is 4.90 Å². The van der Waals surface area contributed by atoms with Gasteiger partial charge in [-0.2, -0.15) is 0 Å². The number of carbonyl (C=O) groups excluding carboxylic acids is 1. The monoisotopic (exact) mass is 290 g/mol. The topological polar surface area (TPSA) is 55.6 Å². The molecule has 2 N–H and O–H groups in total. The lowest BCUT2D eigenvalue weighted by molar-refractivity contribution is -0.143. The zero-order valence-corrected chi connectivity index (χ0v) is 12.8. The van der Waals surface area contributed by atoms with Gasteiger partial charge in [-0.25, -0.2) is 0 Å². The maximum atomic E-state index is 12.5. The summed E-state index contributed by atoms with van der Waals surface area (Å²) in [7, 11) is 0. The number of nitrogens with zero attached hydrogens (tertiary/aromatic N) is 1. The van der Waals surface area contributed by atoms with Crippen molar-refractivity contribution in [3.63, 3.8) is 0 Å². The van der Waals surface area contributed by atoms with Crippen LogP contribution >= 0.6 is 0 Å². The number of amides is 1. The predicted octanol–water partition coefficient (Wildman–Crippen LogP) is 2.35. The van der Waals surface area contributed by atoms with Crippen LogP contribution in [0, 0.1) is 0 Å². The van der Waals surface area contributed by atoms with Gasteiger partial charge in [0.05, 0.1) is 6.61 Å². The van der Waals surface area contributed by atoms with Crippen LogP contribution < -0.4 is 5.73 Å². The minimum atomic E-state index is -0.438. The van der Waals surface area contributed by atoms with Crippen molar-refractivity contribution >= 4 is 5.91 Å². The molecule has 0 radical (unpaired) electrons. The first-order valence-electron chi connectivity index (χ1n) is 7.44. The molecule has 4 nitrogen and oxygen atoms in total. The van der Waals surface area contributed by atoms with E-state index in [0.29, 0.717) is 26.2 Å². The summed E-state index contributed by atoms with van der Waals surface area (Å²) in [6.45, 7) is 7.78. The maximum Gasteiger partial charge on any atom is 0.251 e. The van der Waals surface area contributed by atoms with Crippen molar-refractivity contribution in [3.8, 4) is 0 Å². The van der Waals surface area contributed by atoms with E-state index in [1.807, 2.05) is 35.2 Å². The summed E-state index contributed by atoms with van der Waals surface area (Å²) in [5, 5.41) is 0. The summed E-state index contributed by atoms with van der Waals surface area (Å²) in [6.07, 6.45) is 2.89. The zero-order valence-electron chi connectivity index (χ0n) is 12.8. The Morgan fingerprint density at radius 2 is 2.14 bits per heavy atom. The zero-order chi connectivity index (χ0) is 15.5. The van der Waals surface area contributed by atoms with Gasteiger partial charge in [-0.15, -0.1) is 6.58 Å². The second-order valence-corrected chi connectivity index (χ2v) is 4.98. The Balaban J connectivity index is 2.62. The minimum absolute atomic E-state index is 0.0105. The van der Waals surface area contributed by atoms with Gasteiger partial charge < -0.3 is 15.4 Å². The molecule has 0 aliphatic carbocycles. The third kappa shape index (κ3) is 6.56. The van der Waals surface area contributed by atoms with Gasteiger partial charge in [0, 0.05) is 13.1 Å². The average Bonchev–Trinajstić information content (AvgIpc) is 2.51. The van der Waals surface area contributed by atoms with Gasteiger partial charge in [0.2, 0.25) is 0 Å². The summed E-state index contributed by atoms with van der Waals surface area (Å²) in [5.74, 6) is 0.0105. The summed E-state index contributed by atoms with van der Waals surface area (Å²) in [5.41, 5.74) is 6.68. The second kappa shape index (κ2) is 10.1. The van der Waals surface area contributed by atoms with E-state index >= 15 is 0 Å². The molecule has 0 aliphatic heterocycles. The second-order valence-electron chi connectivity index (χ2n) is 4.98. The maximum absolute atomic E-state index is 12.5. The van der Waals surface area contributed by atoms with Gasteiger partial charge in [0.15, 0.2) is 0 Å². The largest absolute Gasteiger partial charge is 0.368 e. The lowest BCUT2D eigenvalue weighted by atomic mass is 10.2. The van der Waals surface area contributed by atoms with Crippen molar-refractivity contribution in [2.45, 2.75) is 32.4 Å². The number of carbonyl (C=O) groups is 1. The van der Waals surface area contributed by atoms with Crippen molar-refractivity contribution in [2.24, 2.45) is 5.73 Å². The smallest absolute Gasteiger partial charge is 0.251 e. The summed E-state index contributed by atoms with van der Waals surface area (Å²) in [6, 6.07) is 9.96. The van der Waals surface area contributed by atoms with Crippen LogP contribution in [0.3, 0.4) is 0 Å². The standard InChI is InChI=1S/C17H26N2O2/c1-3-4-13-21-15(2)17(20)19(12-8-11-18)14-16-9-6-5-7-10-16/h3,5-7,9-10,15H,1,4,8,11-14,18H2,2H3. The number of ether oxygens (including phenoxy) is 1. The molecule has 1 unspecified atom stereocenters. The summed E-state index contributed by atoms with van der Waals surface area (Å²) >= 11 is 0. The van der Waals surface area contributed by atoms with Gasteiger partial charge in [0.1, 0.15) is 6.10 Å². The first-order valence-corrected chi connectivity index (χ1v) is 7.44. The molecule has 0 saturated heterocycles. The van der Waals surface area contributed by atoms with Crippen LogP contribution in [-0.4, -0.2) is 36.6 Å². The molecule has 1 atom stereocenters. The van der Waals surface area contributed by atoms with E-state index in [1.54, 1.807) is 13.0 Å². The van der Waals surface area contributed by atoms with Crippen molar-refractivity contribution in [3.05, 3.63) is 48.6 Å². The first kappa shape index (κ1) is 17.4. The molecule has 0 fully saturated rings. The van der Waals surface area contributed by atoms with Crippen LogP contribution in [-0.2, 0) is 16.1 Å². The van der Waals surface area contributed by atoms with E-state index in [2.05, 4.69) is 6.58 Å². The molecule has 1 aromatic rings. The summed E-state index contributed by atoms with van der Waals surface area (Å²) < 4.78 is 5.55. The molecule has 0 heterocycles. The average molecular weight is 290 g/mol. The van der Waals surface area contributed by atoms with Gasteiger partial charge in [-0.1, -0.05) is 36.4 Å². The Hall–Kier alpha value is -1.65. The molecule has 0 aliphatic rings. The molecule has 4 heteroatoms. The van der Waals surface area contributed by atoms with Crippen molar-refractivity contribution in [1.29, 1.82) is 0 Å². The van der Waals surface area contributed by atoms with E-state index < -0.39 is 6.10 Å². The van der Waals surface area contributed by atoms with Gasteiger partial charge in [0.25, 0.3) is 5.91 Å². The van der Waals surface area contributed by atoms with Crippen LogP contribution in [0.5, 0.6) is 0 Å². The molecular formula is C17H26N2O2. The first-order chi connectivity index (χ1) is 10.2. The fourth-order valence-corrected chi connectivity index (χ4v) is 2.01. The Morgan fingerprint density at radius 3 is 2.76 bits per heavy atom. The number of hydrogen-bond donors (Lipinski definition) is 1. The van der Waals surface area contributed by atoms with Crippen LogP contribution in [0.1, 0.15) is 25.3 Å². The number of benzene rings is 1. The van der Waals surface area contributed by atoms with Crippen molar-refractivity contribution < 1.29 is 9.53 Å². The normalized spacial score (nSPS) is 11.9. The molecule has 21 heavy (non-hydrogen) atoms. The highest BCUT2D eigenvalue weighted by Gasteiger charge is 2.20. The minimum Gasteiger partial charge on any atom is -0.368 e. The highest BCUT2D eigenvalue weighted by molar-refractivity contribution is 5.80. The Labute approximate surface area is 127 Å². The third-order valence-corrected chi connectivity index (χ3v) is 3.20. The van der Waals surface area contributed by atoms with Crippen LogP contribution in [0.4, 0.5) is 0 Å². The SMILES string of the molecule is C=CCCOC(C)C(=O)N(CCCN)Cc1ccccc1. The van der Waals surface area contributed by atoms with Crippen LogP contribution in [0.15, 0.2) is 43.0 Å². The van der Waals surface area contributed by atoms with Gasteiger partial charge >= 0.3 is 0 Å². The predicted molar refractivity (Wildman–Crippen MR) is 85.8 cm³/mol. The molecular weight excluding hydrogens is 264 g/mol. The molecule has 0 bridgehead atoms. The Bertz CT molecular complexity index is 420. The Kier molecular flexibility index (Phi) is 8.40. The summed E-state index contributed by atoms with van der Waals surface area (Å²) in [4.78, 5) is 14.3. The van der Waals surface area contributed by atoms with Gasteiger partial charge in [-0.05, 0) is 31.9 Å². The molecule has 116 valence electrons. The van der Waals surface area contributed by atoms with Crippen LogP contribution in [0.25, 0.3) is 0 Å². The lowest BCUT2D eigenvalue weighted by Gasteiger charge is -2.26. The molecule has 1 rings (SSSR count). The molecule has 0 saturated carbocycles. The van der Waals surface area contributed by atoms with E-state index in [-0.39, 0.29) is 5.91 Å². The van der Waals surface area contributed by atoms with Crippen molar-refractivity contribution in [2.75, 3.05) is 19.7 Å². The number of rotatable bonds is 10. The number of nitrogens with two attached hydrogens (primary N) is 1. The highest BCUT2D eigenvalue weighted by atomic mass is 16.5. The lowest BCUT2D eigenvalue weighted by Crippen LogP contribution is -2.40. The van der Waals surface area contributed by atoms with Gasteiger partial charge in [-0.3, -0.25) is 4.79 Å². The molecule has 0 spiro atoms. The quantitative estimate of drug-likeness (QED) is 0.531. The molecule has 1 aromatic carbocycles.